The van der Waals surface area contributed by atoms with Crippen molar-refractivity contribution in [2.75, 3.05) is 13.1 Å². The van der Waals surface area contributed by atoms with E-state index in [9.17, 15) is 0 Å². The number of hydrogen-bond acceptors (Lipinski definition) is 6. The molecule has 104 valence electrons. The number of aromatic amines is 1. The molecule has 2 aliphatic carbocycles. The zero-order chi connectivity index (χ0) is 13.2. The van der Waals surface area contributed by atoms with Crippen LogP contribution in [0, 0.1) is 5.92 Å². The fraction of sp³-hybridized carbons (Fsp3) is 0.692. The van der Waals surface area contributed by atoms with E-state index in [0.717, 1.165) is 31.2 Å². The Morgan fingerprint density at radius 1 is 1.15 bits per heavy atom. The largest absolute Gasteiger partial charge is 0.338 e. The van der Waals surface area contributed by atoms with Gasteiger partial charge in [-0.15, -0.1) is 5.10 Å². The molecule has 2 saturated carbocycles. The minimum atomic E-state index is 0.0703. The molecule has 2 aromatic heterocycles. The van der Waals surface area contributed by atoms with Gasteiger partial charge in [-0.05, 0) is 38.1 Å². The van der Waals surface area contributed by atoms with Crippen molar-refractivity contribution in [2.45, 2.75) is 37.0 Å². The average Bonchev–Trinajstić information content (AvgIpc) is 2.88. The summed E-state index contributed by atoms with van der Waals surface area (Å²) in [5, 5.41) is 14.7. The Morgan fingerprint density at radius 3 is 2.85 bits per heavy atom. The molecular weight excluding hydrogens is 256 g/mol. The maximum atomic E-state index is 5.52. The topological polar surface area (TPSA) is 92.5 Å². The van der Waals surface area contributed by atoms with Crippen LogP contribution < -0.4 is 5.32 Å². The van der Waals surface area contributed by atoms with Crippen LogP contribution in [0.2, 0.25) is 0 Å². The minimum Gasteiger partial charge on any atom is -0.338 e. The van der Waals surface area contributed by atoms with E-state index in [1.54, 1.807) is 0 Å². The number of hydrogen-bond donors (Lipinski definition) is 2. The molecule has 5 rings (SSSR count). The molecule has 3 heterocycles. The van der Waals surface area contributed by atoms with E-state index in [1.165, 1.54) is 19.3 Å². The van der Waals surface area contributed by atoms with Gasteiger partial charge >= 0.3 is 0 Å². The Labute approximate surface area is 115 Å². The second kappa shape index (κ2) is 3.66. The van der Waals surface area contributed by atoms with Crippen molar-refractivity contribution >= 4 is 0 Å². The first kappa shape index (κ1) is 11.0. The summed E-state index contributed by atoms with van der Waals surface area (Å²) < 4.78 is 5.52. The van der Waals surface area contributed by atoms with Crippen molar-refractivity contribution in [3.63, 3.8) is 0 Å². The maximum absolute atomic E-state index is 5.52. The van der Waals surface area contributed by atoms with Gasteiger partial charge < -0.3 is 9.84 Å². The van der Waals surface area contributed by atoms with Gasteiger partial charge in [-0.25, -0.2) is 4.98 Å². The predicted molar refractivity (Wildman–Crippen MR) is 68.9 cm³/mol. The van der Waals surface area contributed by atoms with Gasteiger partial charge in [-0.2, -0.15) is 4.98 Å². The Bertz CT molecular complexity index is 659. The molecule has 0 aromatic carbocycles. The Balaban J connectivity index is 1.47. The number of nitrogens with zero attached hydrogens (tertiary/aromatic N) is 4. The first-order chi connectivity index (χ1) is 9.85. The van der Waals surface area contributed by atoms with Crippen molar-refractivity contribution in [1.82, 2.24) is 30.6 Å². The van der Waals surface area contributed by atoms with Crippen LogP contribution in [0.15, 0.2) is 4.52 Å². The number of nitrogens with one attached hydrogen (secondary N) is 2. The normalized spacial score (nSPS) is 32.1. The van der Waals surface area contributed by atoms with Crippen LogP contribution in [0.3, 0.4) is 0 Å². The maximum Gasteiger partial charge on any atom is 0.242 e. The molecule has 3 aliphatic rings. The summed E-state index contributed by atoms with van der Waals surface area (Å²) in [7, 11) is 0. The highest BCUT2D eigenvalue weighted by Crippen LogP contribution is 2.50. The number of H-pyrrole nitrogens is 1. The second-order valence-electron chi connectivity index (χ2n) is 6.26. The Morgan fingerprint density at radius 2 is 2.10 bits per heavy atom. The molecule has 2 aromatic rings. The molecule has 0 amide bonds. The zero-order valence-corrected chi connectivity index (χ0v) is 11.1. The fourth-order valence-corrected chi connectivity index (χ4v) is 3.48. The van der Waals surface area contributed by atoms with Gasteiger partial charge in [0.05, 0.1) is 5.41 Å². The van der Waals surface area contributed by atoms with Gasteiger partial charge in [-0.1, -0.05) is 5.16 Å². The van der Waals surface area contributed by atoms with Crippen LogP contribution in [-0.4, -0.2) is 38.4 Å². The van der Waals surface area contributed by atoms with Gasteiger partial charge in [0, 0.05) is 12.5 Å². The van der Waals surface area contributed by atoms with Crippen LogP contribution in [0.25, 0.3) is 11.6 Å². The molecule has 0 unspecified atom stereocenters. The molecule has 0 radical (unpaired) electrons. The van der Waals surface area contributed by atoms with E-state index in [0.29, 0.717) is 23.5 Å². The quantitative estimate of drug-likeness (QED) is 0.865. The first-order valence-electron chi connectivity index (χ1n) is 7.33. The molecule has 0 bridgehead atoms. The van der Waals surface area contributed by atoms with Gasteiger partial charge in [0.1, 0.15) is 5.82 Å². The molecule has 20 heavy (non-hydrogen) atoms. The highest BCUT2D eigenvalue weighted by atomic mass is 16.5. The van der Waals surface area contributed by atoms with Crippen LogP contribution in [0.5, 0.6) is 0 Å². The van der Waals surface area contributed by atoms with Crippen LogP contribution in [-0.2, 0) is 5.41 Å². The van der Waals surface area contributed by atoms with Gasteiger partial charge in [-0.3, -0.25) is 5.10 Å². The molecule has 0 spiro atoms. The summed E-state index contributed by atoms with van der Waals surface area (Å²) in [6.07, 6.45) is 4.77. The summed E-state index contributed by atoms with van der Waals surface area (Å²) in [4.78, 5) is 9.04. The van der Waals surface area contributed by atoms with Crippen molar-refractivity contribution in [3.05, 3.63) is 11.7 Å². The van der Waals surface area contributed by atoms with E-state index >= 15 is 0 Å². The third-order valence-electron chi connectivity index (χ3n) is 5.07. The molecule has 7 heteroatoms. The molecular formula is C13H16N6O. The smallest absolute Gasteiger partial charge is 0.242 e. The molecule has 7 nitrogen and oxygen atoms in total. The highest BCUT2D eigenvalue weighted by molar-refractivity contribution is 5.42. The third-order valence-corrected chi connectivity index (χ3v) is 5.07. The van der Waals surface area contributed by atoms with E-state index in [-0.39, 0.29) is 5.41 Å². The van der Waals surface area contributed by atoms with E-state index in [4.69, 9.17) is 4.52 Å². The summed E-state index contributed by atoms with van der Waals surface area (Å²) >= 11 is 0. The van der Waals surface area contributed by atoms with Crippen molar-refractivity contribution < 1.29 is 4.52 Å². The van der Waals surface area contributed by atoms with Gasteiger partial charge in [0.25, 0.3) is 0 Å². The standard InChI is InChI=1S/C13H16N6O/c1-2-7(1)9-15-10(18-17-9)11-16-12(20-19-11)13-4-3-8(13)5-14-6-13/h7-8,14H,1-6H2,(H,15,17,18)/t8-,13-/m0/s1. The highest BCUT2D eigenvalue weighted by Gasteiger charge is 2.55. The molecule has 1 saturated heterocycles. The Hall–Kier alpha value is -1.76. The predicted octanol–water partition coefficient (Wildman–Crippen LogP) is 0.983. The van der Waals surface area contributed by atoms with Crippen molar-refractivity contribution in [3.8, 4) is 11.6 Å². The molecule has 2 N–H and O–H groups in total. The van der Waals surface area contributed by atoms with E-state index in [2.05, 4.69) is 30.6 Å². The molecule has 2 atom stereocenters. The minimum absolute atomic E-state index is 0.0703. The average molecular weight is 272 g/mol. The fourth-order valence-electron chi connectivity index (χ4n) is 3.48. The van der Waals surface area contributed by atoms with Gasteiger partial charge in [0.2, 0.25) is 17.5 Å². The van der Waals surface area contributed by atoms with Crippen molar-refractivity contribution in [1.29, 1.82) is 0 Å². The SMILES string of the molecule is C1CC1c1nc(-c2noc([C@]34CC[C@H]3CNC4)n2)n[nH]1. The zero-order valence-electron chi connectivity index (χ0n) is 11.1. The number of fused-ring (bicyclic) bond motifs is 1. The first-order valence-corrected chi connectivity index (χ1v) is 7.33. The Kier molecular flexibility index (Phi) is 2.01. The molecule has 1 aliphatic heterocycles. The monoisotopic (exact) mass is 272 g/mol. The lowest BCUT2D eigenvalue weighted by Gasteiger charge is -2.40. The summed E-state index contributed by atoms with van der Waals surface area (Å²) in [5.41, 5.74) is 0.0703. The summed E-state index contributed by atoms with van der Waals surface area (Å²) in [6, 6.07) is 0. The lowest BCUT2D eigenvalue weighted by molar-refractivity contribution is 0.131. The summed E-state index contributed by atoms with van der Waals surface area (Å²) in [5.74, 6) is 3.97. The second-order valence-corrected chi connectivity index (χ2v) is 6.26. The van der Waals surface area contributed by atoms with E-state index < -0.39 is 0 Å². The third kappa shape index (κ3) is 1.38. The number of rotatable bonds is 3. The van der Waals surface area contributed by atoms with E-state index in [1.807, 2.05) is 0 Å². The number of aromatic nitrogens is 5. The summed E-state index contributed by atoms with van der Waals surface area (Å²) in [6.45, 7) is 2.00. The van der Waals surface area contributed by atoms with Crippen LogP contribution in [0.4, 0.5) is 0 Å². The lowest BCUT2D eigenvalue weighted by Crippen LogP contribution is -2.43. The van der Waals surface area contributed by atoms with Crippen LogP contribution >= 0.6 is 0 Å². The van der Waals surface area contributed by atoms with Crippen molar-refractivity contribution in [2.24, 2.45) is 5.92 Å². The van der Waals surface area contributed by atoms with Crippen LogP contribution in [0.1, 0.15) is 43.3 Å². The van der Waals surface area contributed by atoms with Gasteiger partial charge in [0.15, 0.2) is 0 Å². The lowest BCUT2D eigenvalue weighted by atomic mass is 9.62. The molecule has 3 fully saturated rings.